The molecule has 3 aromatic rings. The van der Waals surface area contributed by atoms with Crippen molar-refractivity contribution in [1.82, 2.24) is 9.38 Å². The summed E-state index contributed by atoms with van der Waals surface area (Å²) < 4.78 is 1.95. The van der Waals surface area contributed by atoms with E-state index in [9.17, 15) is 4.79 Å². The maximum atomic E-state index is 12.1. The highest BCUT2D eigenvalue weighted by molar-refractivity contribution is 6.04. The Labute approximate surface area is 110 Å². The predicted molar refractivity (Wildman–Crippen MR) is 74.3 cm³/mol. The molecule has 4 heteroatoms. The lowest BCUT2D eigenvalue weighted by molar-refractivity contribution is 0.102. The van der Waals surface area contributed by atoms with E-state index in [1.54, 1.807) is 18.3 Å². The summed E-state index contributed by atoms with van der Waals surface area (Å²) in [6.45, 7) is 1.95. The van der Waals surface area contributed by atoms with Gasteiger partial charge in [0.05, 0.1) is 5.69 Å². The number of anilines is 1. The molecule has 1 N–H and O–H groups in total. The predicted octanol–water partition coefficient (Wildman–Crippen LogP) is 2.90. The summed E-state index contributed by atoms with van der Waals surface area (Å²) in [6.07, 6.45) is 3.62. The molecule has 0 fully saturated rings. The van der Waals surface area contributed by atoms with E-state index in [0.29, 0.717) is 5.56 Å². The molecule has 0 spiro atoms. The number of amides is 1. The van der Waals surface area contributed by atoms with E-state index in [4.69, 9.17) is 0 Å². The van der Waals surface area contributed by atoms with Gasteiger partial charge in [0, 0.05) is 23.7 Å². The van der Waals surface area contributed by atoms with Crippen LogP contribution in [0.1, 0.15) is 16.1 Å². The first-order chi connectivity index (χ1) is 9.25. The summed E-state index contributed by atoms with van der Waals surface area (Å²) in [6, 6.07) is 12.9. The van der Waals surface area contributed by atoms with Crippen LogP contribution >= 0.6 is 0 Å². The van der Waals surface area contributed by atoms with Gasteiger partial charge in [0.25, 0.3) is 5.91 Å². The van der Waals surface area contributed by atoms with E-state index in [1.165, 1.54) is 0 Å². The van der Waals surface area contributed by atoms with Crippen LogP contribution in [0.4, 0.5) is 5.69 Å². The van der Waals surface area contributed by atoms with Gasteiger partial charge in [-0.2, -0.15) is 0 Å². The van der Waals surface area contributed by atoms with Crippen molar-refractivity contribution in [3.8, 4) is 0 Å². The maximum Gasteiger partial charge on any atom is 0.255 e. The Hall–Kier alpha value is -2.62. The van der Waals surface area contributed by atoms with Gasteiger partial charge in [-0.25, -0.2) is 4.98 Å². The summed E-state index contributed by atoms with van der Waals surface area (Å²) in [4.78, 5) is 16.3. The lowest BCUT2D eigenvalue weighted by atomic mass is 10.2. The van der Waals surface area contributed by atoms with E-state index in [1.807, 2.05) is 47.9 Å². The van der Waals surface area contributed by atoms with Gasteiger partial charge in [0.15, 0.2) is 0 Å². The van der Waals surface area contributed by atoms with Crippen molar-refractivity contribution in [1.29, 1.82) is 0 Å². The molecule has 0 aliphatic rings. The van der Waals surface area contributed by atoms with Gasteiger partial charge >= 0.3 is 0 Å². The van der Waals surface area contributed by atoms with Gasteiger partial charge in [-0.1, -0.05) is 18.2 Å². The topological polar surface area (TPSA) is 46.4 Å². The zero-order chi connectivity index (χ0) is 13.2. The van der Waals surface area contributed by atoms with Gasteiger partial charge in [-0.05, 0) is 31.2 Å². The van der Waals surface area contributed by atoms with Crippen molar-refractivity contribution in [3.05, 3.63) is 66.1 Å². The summed E-state index contributed by atoms with van der Waals surface area (Å²) in [5, 5.41) is 2.92. The Morgan fingerprint density at radius 2 is 1.95 bits per heavy atom. The van der Waals surface area contributed by atoms with E-state index >= 15 is 0 Å². The average molecular weight is 251 g/mol. The molecule has 0 radical (unpaired) electrons. The van der Waals surface area contributed by atoms with E-state index in [-0.39, 0.29) is 5.91 Å². The minimum absolute atomic E-state index is 0.108. The second-order valence-electron chi connectivity index (χ2n) is 4.31. The summed E-state index contributed by atoms with van der Waals surface area (Å²) in [5.41, 5.74) is 3.27. The SMILES string of the molecule is Cc1c(NC(=O)c2ccccc2)ccc2nccn12. The first-order valence-corrected chi connectivity index (χ1v) is 6.05. The Kier molecular flexibility index (Phi) is 2.76. The molecule has 1 aromatic carbocycles. The minimum atomic E-state index is -0.108. The molecule has 19 heavy (non-hydrogen) atoms. The van der Waals surface area contributed by atoms with Crippen molar-refractivity contribution in [2.45, 2.75) is 6.92 Å². The Balaban J connectivity index is 1.93. The zero-order valence-corrected chi connectivity index (χ0v) is 10.5. The number of hydrogen-bond donors (Lipinski definition) is 1. The van der Waals surface area contributed by atoms with Crippen molar-refractivity contribution in [2.75, 3.05) is 5.32 Å². The number of nitrogens with one attached hydrogen (secondary N) is 1. The van der Waals surface area contributed by atoms with Crippen LogP contribution in [0.5, 0.6) is 0 Å². The van der Waals surface area contributed by atoms with Crippen molar-refractivity contribution in [3.63, 3.8) is 0 Å². The lowest BCUT2D eigenvalue weighted by Crippen LogP contribution is -2.13. The van der Waals surface area contributed by atoms with Gasteiger partial charge in [0.1, 0.15) is 5.65 Å². The standard InChI is InChI=1S/C15H13N3O/c1-11-13(7-8-14-16-9-10-18(11)14)17-15(19)12-5-3-2-4-6-12/h2-10H,1H3,(H,17,19). The number of rotatable bonds is 2. The number of hydrogen-bond acceptors (Lipinski definition) is 2. The van der Waals surface area contributed by atoms with Crippen LogP contribution in [0, 0.1) is 6.92 Å². The third-order valence-corrected chi connectivity index (χ3v) is 3.10. The third kappa shape index (κ3) is 2.08. The summed E-state index contributed by atoms with van der Waals surface area (Å²) in [5.74, 6) is -0.108. The summed E-state index contributed by atoms with van der Waals surface area (Å²) in [7, 11) is 0. The number of fused-ring (bicyclic) bond motifs is 1. The Morgan fingerprint density at radius 1 is 1.16 bits per heavy atom. The number of carbonyl (C=O) groups excluding carboxylic acids is 1. The number of imidazole rings is 1. The number of aromatic nitrogens is 2. The molecule has 0 aliphatic carbocycles. The average Bonchev–Trinajstić information content (AvgIpc) is 2.92. The minimum Gasteiger partial charge on any atom is -0.320 e. The van der Waals surface area contributed by atoms with Gasteiger partial charge in [-0.15, -0.1) is 0 Å². The molecular formula is C15H13N3O. The smallest absolute Gasteiger partial charge is 0.255 e. The molecule has 0 bridgehead atoms. The molecule has 4 nitrogen and oxygen atoms in total. The number of benzene rings is 1. The molecule has 0 saturated carbocycles. The number of nitrogens with zero attached hydrogens (tertiary/aromatic N) is 2. The monoisotopic (exact) mass is 251 g/mol. The molecule has 0 unspecified atom stereocenters. The zero-order valence-electron chi connectivity index (χ0n) is 10.5. The maximum absolute atomic E-state index is 12.1. The summed E-state index contributed by atoms with van der Waals surface area (Å²) >= 11 is 0. The second-order valence-corrected chi connectivity index (χ2v) is 4.31. The van der Waals surface area contributed by atoms with Crippen LogP contribution in [-0.4, -0.2) is 15.3 Å². The fourth-order valence-corrected chi connectivity index (χ4v) is 2.05. The molecule has 0 saturated heterocycles. The molecule has 94 valence electrons. The lowest BCUT2D eigenvalue weighted by Gasteiger charge is -2.10. The van der Waals surface area contributed by atoms with E-state index in [0.717, 1.165) is 17.0 Å². The van der Waals surface area contributed by atoms with Crippen molar-refractivity contribution >= 4 is 17.2 Å². The largest absolute Gasteiger partial charge is 0.320 e. The van der Waals surface area contributed by atoms with Crippen molar-refractivity contribution < 1.29 is 4.79 Å². The van der Waals surface area contributed by atoms with Crippen LogP contribution in [0.2, 0.25) is 0 Å². The molecule has 0 atom stereocenters. The van der Waals surface area contributed by atoms with Crippen LogP contribution in [0.15, 0.2) is 54.9 Å². The second kappa shape index (κ2) is 4.57. The first-order valence-electron chi connectivity index (χ1n) is 6.05. The van der Waals surface area contributed by atoms with Crippen LogP contribution in [-0.2, 0) is 0 Å². The van der Waals surface area contributed by atoms with Gasteiger partial charge < -0.3 is 9.72 Å². The van der Waals surface area contributed by atoms with Crippen LogP contribution < -0.4 is 5.32 Å². The fraction of sp³-hybridized carbons (Fsp3) is 0.0667. The van der Waals surface area contributed by atoms with E-state index < -0.39 is 0 Å². The molecule has 2 heterocycles. The van der Waals surface area contributed by atoms with Crippen molar-refractivity contribution in [2.24, 2.45) is 0 Å². The van der Waals surface area contributed by atoms with Crippen LogP contribution in [0.25, 0.3) is 5.65 Å². The van der Waals surface area contributed by atoms with E-state index in [2.05, 4.69) is 10.3 Å². The third-order valence-electron chi connectivity index (χ3n) is 3.10. The molecule has 2 aromatic heterocycles. The number of pyridine rings is 1. The number of aryl methyl sites for hydroxylation is 1. The molecule has 0 aliphatic heterocycles. The van der Waals surface area contributed by atoms with Crippen LogP contribution in [0.3, 0.4) is 0 Å². The normalized spacial score (nSPS) is 10.6. The first kappa shape index (κ1) is 11.5. The molecule has 1 amide bonds. The Morgan fingerprint density at radius 3 is 2.74 bits per heavy atom. The molecular weight excluding hydrogens is 238 g/mol. The van der Waals surface area contributed by atoms with Gasteiger partial charge in [-0.3, -0.25) is 4.79 Å². The highest BCUT2D eigenvalue weighted by atomic mass is 16.1. The Bertz CT molecular complexity index is 731. The number of carbonyl (C=O) groups is 1. The fourth-order valence-electron chi connectivity index (χ4n) is 2.05. The molecule has 3 rings (SSSR count). The van der Waals surface area contributed by atoms with Gasteiger partial charge in [0.2, 0.25) is 0 Å². The highest BCUT2D eigenvalue weighted by Crippen LogP contribution is 2.17. The quantitative estimate of drug-likeness (QED) is 0.761. The highest BCUT2D eigenvalue weighted by Gasteiger charge is 2.09.